The van der Waals surface area contributed by atoms with Gasteiger partial charge in [0.1, 0.15) is 32.8 Å². The van der Waals surface area contributed by atoms with Crippen LogP contribution in [0.2, 0.25) is 18.1 Å². The molecule has 1 unspecified atom stereocenters. The molecule has 1 aromatic rings. The minimum absolute atomic E-state index is 0.0531. The van der Waals surface area contributed by atoms with Crippen LogP contribution in [0.15, 0.2) is 17.1 Å². The second-order valence-electron chi connectivity index (χ2n) is 13.6. The van der Waals surface area contributed by atoms with Crippen molar-refractivity contribution in [2.45, 2.75) is 128 Å². The van der Waals surface area contributed by atoms with Gasteiger partial charge in [0.15, 0.2) is 14.5 Å². The second kappa shape index (κ2) is 9.42. The van der Waals surface area contributed by atoms with Gasteiger partial charge in [0.05, 0.1) is 16.9 Å². The third-order valence-corrected chi connectivity index (χ3v) is 13.7. The number of ether oxygens (including phenoxy) is 3. The highest BCUT2D eigenvalue weighted by Gasteiger charge is 2.73. The van der Waals surface area contributed by atoms with Crippen LogP contribution in [0.3, 0.4) is 0 Å². The predicted molar refractivity (Wildman–Crippen MR) is 146 cm³/mol. The third-order valence-electron chi connectivity index (χ3n) is 6.91. The number of nitrogens with zero attached hydrogens (tertiary/aromatic N) is 2. The smallest absolute Gasteiger partial charge is 0.351 e. The number of carbonyl (C=O) groups is 1. The van der Waals surface area contributed by atoms with Gasteiger partial charge in [0, 0.05) is 13.1 Å². The van der Waals surface area contributed by atoms with E-state index in [1.807, 2.05) is 41.5 Å². The second-order valence-corrected chi connectivity index (χ2v) is 20.6. The van der Waals surface area contributed by atoms with Gasteiger partial charge >= 0.3 is 5.69 Å². The Labute approximate surface area is 218 Å². The molecule has 1 aromatic heterocycles. The number of nitrogens with one attached hydrogen (secondary N) is 1. The van der Waals surface area contributed by atoms with Crippen LogP contribution < -0.4 is 11.0 Å². The molecule has 0 aromatic carbocycles. The van der Waals surface area contributed by atoms with Crippen molar-refractivity contribution in [1.29, 1.82) is 0 Å². The molecular weight excluding hydrogens is 494 g/mol. The van der Waals surface area contributed by atoms with Crippen LogP contribution in [0.25, 0.3) is 0 Å². The lowest BCUT2D eigenvalue weighted by Crippen LogP contribution is -2.52. The lowest BCUT2D eigenvalue weighted by atomic mass is 10.1. The molecule has 36 heavy (non-hydrogen) atoms. The first kappa shape index (κ1) is 29.2. The molecule has 1 amide bonds. The predicted octanol–water partition coefficient (Wildman–Crippen LogP) is 3.32. The summed E-state index contributed by atoms with van der Waals surface area (Å²) in [5.41, 5.74) is -1.35. The summed E-state index contributed by atoms with van der Waals surface area (Å²) in [4.78, 5) is 28.7. The Morgan fingerprint density at radius 3 is 2.17 bits per heavy atom. The Kier molecular flexibility index (Phi) is 7.64. The van der Waals surface area contributed by atoms with Crippen molar-refractivity contribution in [3.8, 4) is 0 Å². The SMILES string of the molecule is CC(=O)Nc1ccn([C@@H]2O[C@@]3([SiH2]C3OC(C)(C)C)[C@@H](OC(C)(C)C)[C@H]2O[Si](C)(C)C(C)(C)C)c(=O)n1. The van der Waals surface area contributed by atoms with Crippen LogP contribution in [0, 0.1) is 0 Å². The summed E-state index contributed by atoms with van der Waals surface area (Å²) in [7, 11) is -3.16. The molecule has 9 nitrogen and oxygen atoms in total. The van der Waals surface area contributed by atoms with Crippen molar-refractivity contribution in [2.75, 3.05) is 5.32 Å². The molecule has 204 valence electrons. The van der Waals surface area contributed by atoms with E-state index in [1.165, 1.54) is 11.5 Å². The standard InChI is InChI=1S/C25H45N3O6Si2/c1-15(29)26-16-13-14-28(21(30)27-16)19-17(34-36(11,12)24(8,9)10)18(31-22(2,3)4)25(32-19)20(35-25)33-23(5,6)7/h13-14,17-20H,35H2,1-12H3,(H,26,27,29,30)/t17-,18+,19-,20?,25-/m1/s1. The van der Waals surface area contributed by atoms with Gasteiger partial charge in [-0.15, -0.1) is 0 Å². The number of carbonyl (C=O) groups excluding carboxylic acids is 1. The molecule has 3 rings (SSSR count). The quantitative estimate of drug-likeness (QED) is 0.554. The molecule has 2 fully saturated rings. The molecule has 0 saturated carbocycles. The van der Waals surface area contributed by atoms with E-state index in [9.17, 15) is 9.59 Å². The molecule has 3 heterocycles. The van der Waals surface area contributed by atoms with Crippen molar-refractivity contribution in [3.63, 3.8) is 0 Å². The number of hydrogen-bond donors (Lipinski definition) is 1. The summed E-state index contributed by atoms with van der Waals surface area (Å²) in [6, 6.07) is 1.60. The number of amides is 1. The van der Waals surface area contributed by atoms with Crippen LogP contribution >= 0.6 is 0 Å². The molecular formula is C25H45N3O6Si2. The van der Waals surface area contributed by atoms with Gasteiger partial charge in [0.25, 0.3) is 0 Å². The Bertz CT molecular complexity index is 1040. The molecule has 5 atom stereocenters. The van der Waals surface area contributed by atoms with Crippen LogP contribution in [0.1, 0.15) is 75.5 Å². The summed E-state index contributed by atoms with van der Waals surface area (Å²) in [6.45, 7) is 24.5. The fourth-order valence-electron chi connectivity index (χ4n) is 4.27. The first-order valence-corrected chi connectivity index (χ1v) is 17.2. The average Bonchev–Trinajstić information content (AvgIpc) is 3.23. The monoisotopic (exact) mass is 539 g/mol. The summed E-state index contributed by atoms with van der Waals surface area (Å²) in [6.07, 6.45) is -0.0157. The Hall–Kier alpha value is -1.38. The van der Waals surface area contributed by atoms with E-state index in [0.29, 0.717) is 0 Å². The molecule has 0 aliphatic carbocycles. The van der Waals surface area contributed by atoms with E-state index in [2.05, 4.69) is 44.2 Å². The molecule has 2 saturated heterocycles. The Morgan fingerprint density at radius 2 is 1.69 bits per heavy atom. The first-order chi connectivity index (χ1) is 16.2. The first-order valence-electron chi connectivity index (χ1n) is 12.7. The molecule has 1 spiro atoms. The lowest BCUT2D eigenvalue weighted by molar-refractivity contribution is -0.140. The minimum atomic E-state index is -2.29. The van der Waals surface area contributed by atoms with Crippen LogP contribution in [-0.2, 0) is 23.4 Å². The van der Waals surface area contributed by atoms with Gasteiger partial charge in [-0.3, -0.25) is 9.36 Å². The zero-order valence-corrected chi connectivity index (χ0v) is 26.4. The highest BCUT2D eigenvalue weighted by molar-refractivity contribution is 6.74. The number of anilines is 1. The number of hydrogen-bond acceptors (Lipinski definition) is 7. The number of aromatic nitrogens is 2. The fourth-order valence-corrected chi connectivity index (χ4v) is 7.81. The van der Waals surface area contributed by atoms with Crippen LogP contribution in [0.4, 0.5) is 5.82 Å². The summed E-state index contributed by atoms with van der Waals surface area (Å²) >= 11 is 0. The normalized spacial score (nSPS) is 29.7. The largest absolute Gasteiger partial charge is 0.407 e. The maximum absolute atomic E-state index is 13.2. The molecule has 2 aliphatic rings. The van der Waals surface area contributed by atoms with Gasteiger partial charge in [-0.25, -0.2) is 4.79 Å². The zero-order valence-electron chi connectivity index (χ0n) is 24.0. The minimum Gasteiger partial charge on any atom is -0.407 e. The molecule has 0 radical (unpaired) electrons. The highest BCUT2D eigenvalue weighted by Crippen LogP contribution is 2.54. The van der Waals surface area contributed by atoms with Crippen LogP contribution in [-0.4, -0.2) is 67.7 Å². The van der Waals surface area contributed by atoms with E-state index in [4.69, 9.17) is 18.6 Å². The summed E-state index contributed by atoms with van der Waals surface area (Å²) in [5.74, 6) is -0.0878. The van der Waals surface area contributed by atoms with Gasteiger partial charge in [-0.2, -0.15) is 4.98 Å². The summed E-state index contributed by atoms with van der Waals surface area (Å²) < 4.78 is 28.4. The van der Waals surface area contributed by atoms with Gasteiger partial charge in [-0.05, 0) is 65.7 Å². The zero-order chi connectivity index (χ0) is 27.5. The van der Waals surface area contributed by atoms with Crippen molar-refractivity contribution >= 4 is 29.6 Å². The van der Waals surface area contributed by atoms with E-state index >= 15 is 0 Å². The molecule has 2 aliphatic heterocycles. The van der Waals surface area contributed by atoms with Crippen molar-refractivity contribution in [1.82, 2.24) is 9.55 Å². The van der Waals surface area contributed by atoms with E-state index < -0.39 is 52.8 Å². The molecule has 0 bridgehead atoms. The fraction of sp³-hybridized carbons (Fsp3) is 0.800. The van der Waals surface area contributed by atoms with Gasteiger partial charge in [-0.1, -0.05) is 20.8 Å². The topological polar surface area (TPSA) is 101 Å². The third kappa shape index (κ3) is 6.36. The van der Waals surface area contributed by atoms with Crippen molar-refractivity contribution in [2.24, 2.45) is 0 Å². The Morgan fingerprint density at radius 1 is 1.11 bits per heavy atom. The number of rotatable bonds is 6. The summed E-state index contributed by atoms with van der Waals surface area (Å²) in [5, 5.41) is 1.91. The van der Waals surface area contributed by atoms with Crippen molar-refractivity contribution in [3.05, 3.63) is 22.7 Å². The van der Waals surface area contributed by atoms with Crippen LogP contribution in [0.5, 0.6) is 0 Å². The van der Waals surface area contributed by atoms with E-state index in [-0.39, 0.29) is 28.1 Å². The highest BCUT2D eigenvalue weighted by atomic mass is 28.4. The van der Waals surface area contributed by atoms with Gasteiger partial charge in [0.2, 0.25) is 5.91 Å². The van der Waals surface area contributed by atoms with Crippen molar-refractivity contribution < 1.29 is 23.4 Å². The molecule has 1 N–H and O–H groups in total. The average molecular weight is 540 g/mol. The van der Waals surface area contributed by atoms with E-state index in [1.54, 1.807) is 12.3 Å². The Balaban J connectivity index is 2.09. The molecule has 11 heteroatoms. The lowest BCUT2D eigenvalue weighted by Gasteiger charge is -2.41. The van der Waals surface area contributed by atoms with E-state index in [0.717, 1.165) is 0 Å². The maximum Gasteiger partial charge on any atom is 0.351 e. The van der Waals surface area contributed by atoms with Gasteiger partial charge < -0.3 is 24.0 Å². The maximum atomic E-state index is 13.2.